The predicted molar refractivity (Wildman–Crippen MR) is 46.7 cm³/mol. The van der Waals surface area contributed by atoms with Crippen LogP contribution in [0.5, 0.6) is 0 Å². The normalized spacial score (nSPS) is 51.2. The number of ketones is 1. The summed E-state index contributed by atoms with van der Waals surface area (Å²) < 4.78 is 0. The largest absolute Gasteiger partial charge is 0.299 e. The predicted octanol–water partition coefficient (Wildman–Crippen LogP) is 2.55. The molecule has 3 aliphatic carbocycles. The molecule has 3 atom stereocenters. The van der Waals surface area contributed by atoms with Gasteiger partial charge < -0.3 is 0 Å². The highest BCUT2D eigenvalue weighted by molar-refractivity contribution is 5.86. The molecule has 0 saturated heterocycles. The lowest BCUT2D eigenvalue weighted by molar-refractivity contribution is -0.124. The fourth-order valence-electron chi connectivity index (χ4n) is 3.74. The van der Waals surface area contributed by atoms with E-state index in [0.29, 0.717) is 17.1 Å². The minimum absolute atomic E-state index is 0.525. The van der Waals surface area contributed by atoms with Gasteiger partial charge in [0.2, 0.25) is 0 Å². The van der Waals surface area contributed by atoms with Crippen LogP contribution in [0.4, 0.5) is 0 Å². The molecule has 3 aliphatic rings. The van der Waals surface area contributed by atoms with Gasteiger partial charge in [0.1, 0.15) is 5.78 Å². The Balaban J connectivity index is 1.88. The maximum Gasteiger partial charge on any atom is 0.136 e. The first-order chi connectivity index (χ1) is 5.83. The van der Waals surface area contributed by atoms with Crippen LogP contribution >= 0.6 is 0 Å². The van der Waals surface area contributed by atoms with Gasteiger partial charge in [-0.15, -0.1) is 0 Å². The van der Waals surface area contributed by atoms with E-state index in [1.165, 1.54) is 38.5 Å². The highest BCUT2D eigenvalue weighted by atomic mass is 16.1. The van der Waals surface area contributed by atoms with Gasteiger partial charge in [0, 0.05) is 12.3 Å². The summed E-state index contributed by atoms with van der Waals surface area (Å²) in [4.78, 5) is 11.5. The van der Waals surface area contributed by atoms with E-state index < -0.39 is 0 Å². The Morgan fingerprint density at radius 1 is 1.25 bits per heavy atom. The zero-order chi connectivity index (χ0) is 8.18. The van der Waals surface area contributed by atoms with Crippen molar-refractivity contribution in [3.05, 3.63) is 0 Å². The lowest BCUT2D eigenvalue weighted by Gasteiger charge is -2.35. The van der Waals surface area contributed by atoms with Crippen molar-refractivity contribution in [1.82, 2.24) is 0 Å². The second-order valence-corrected chi connectivity index (χ2v) is 4.94. The zero-order valence-corrected chi connectivity index (χ0v) is 7.51. The molecule has 12 heavy (non-hydrogen) atoms. The van der Waals surface area contributed by atoms with E-state index in [9.17, 15) is 4.79 Å². The molecule has 0 bridgehead atoms. The number of hydrogen-bond donors (Lipinski definition) is 0. The molecule has 0 unspecified atom stereocenters. The van der Waals surface area contributed by atoms with Crippen LogP contribution in [0, 0.1) is 17.3 Å². The third-order valence-electron chi connectivity index (χ3n) is 4.50. The number of rotatable bonds is 0. The van der Waals surface area contributed by atoms with Crippen molar-refractivity contribution in [2.45, 2.75) is 44.9 Å². The standard InChI is InChI=1S/C11H16O/c12-10-5-4-8-3-1-2-6-11(8)7-9(10)11/h8-9H,1-7H2/t8-,9-,11+/m0/s1. The number of Topliss-reactive ketones (excluding diaryl/α,β-unsaturated/α-hetero) is 1. The fourth-order valence-corrected chi connectivity index (χ4v) is 3.74. The van der Waals surface area contributed by atoms with Gasteiger partial charge in [0.25, 0.3) is 0 Å². The fraction of sp³-hybridized carbons (Fsp3) is 0.909. The van der Waals surface area contributed by atoms with Gasteiger partial charge in [-0.1, -0.05) is 12.8 Å². The molecule has 1 heteroatoms. The first-order valence-electron chi connectivity index (χ1n) is 5.36. The Kier molecular flexibility index (Phi) is 1.26. The van der Waals surface area contributed by atoms with E-state index in [0.717, 1.165) is 12.3 Å². The van der Waals surface area contributed by atoms with Crippen molar-refractivity contribution in [3.8, 4) is 0 Å². The summed E-state index contributed by atoms with van der Waals surface area (Å²) in [6.45, 7) is 0. The summed E-state index contributed by atoms with van der Waals surface area (Å²) in [5.74, 6) is 2.05. The molecule has 0 aromatic rings. The molecule has 0 aromatic carbocycles. The summed E-state index contributed by atoms with van der Waals surface area (Å²) >= 11 is 0. The topological polar surface area (TPSA) is 17.1 Å². The van der Waals surface area contributed by atoms with Gasteiger partial charge in [-0.25, -0.2) is 0 Å². The van der Waals surface area contributed by atoms with Crippen LogP contribution in [-0.4, -0.2) is 5.78 Å². The molecule has 0 N–H and O–H groups in total. The van der Waals surface area contributed by atoms with Crippen molar-refractivity contribution < 1.29 is 4.79 Å². The van der Waals surface area contributed by atoms with Crippen molar-refractivity contribution >= 4 is 5.78 Å². The number of carbonyl (C=O) groups is 1. The second kappa shape index (κ2) is 2.12. The van der Waals surface area contributed by atoms with Crippen LogP contribution in [0.3, 0.4) is 0 Å². The highest BCUT2D eigenvalue weighted by Crippen LogP contribution is 2.68. The Morgan fingerprint density at radius 2 is 2.17 bits per heavy atom. The van der Waals surface area contributed by atoms with E-state index >= 15 is 0 Å². The summed E-state index contributed by atoms with van der Waals surface area (Å²) in [5.41, 5.74) is 0.563. The molecule has 0 radical (unpaired) electrons. The van der Waals surface area contributed by atoms with Gasteiger partial charge in [0.05, 0.1) is 0 Å². The summed E-state index contributed by atoms with van der Waals surface area (Å²) in [6.07, 6.45) is 8.98. The third-order valence-corrected chi connectivity index (χ3v) is 4.50. The van der Waals surface area contributed by atoms with Gasteiger partial charge in [-0.3, -0.25) is 4.79 Å². The second-order valence-electron chi connectivity index (χ2n) is 4.94. The average Bonchev–Trinajstić information content (AvgIpc) is 2.80. The van der Waals surface area contributed by atoms with Crippen molar-refractivity contribution in [2.75, 3.05) is 0 Å². The first kappa shape index (κ1) is 7.11. The maximum atomic E-state index is 11.5. The Labute approximate surface area is 73.5 Å². The lowest BCUT2D eigenvalue weighted by atomic mass is 9.69. The van der Waals surface area contributed by atoms with Crippen LogP contribution in [0.2, 0.25) is 0 Å². The molecule has 0 aromatic heterocycles. The summed E-state index contributed by atoms with van der Waals surface area (Å²) in [5, 5.41) is 0. The molecule has 0 heterocycles. The molecule has 1 nitrogen and oxygen atoms in total. The number of carbonyl (C=O) groups excluding carboxylic acids is 1. The van der Waals surface area contributed by atoms with Crippen molar-refractivity contribution in [1.29, 1.82) is 0 Å². The molecule has 0 aliphatic heterocycles. The van der Waals surface area contributed by atoms with E-state index in [1.807, 2.05) is 0 Å². The molecule has 66 valence electrons. The van der Waals surface area contributed by atoms with E-state index in [2.05, 4.69) is 0 Å². The molecule has 1 spiro atoms. The molecule has 3 saturated carbocycles. The van der Waals surface area contributed by atoms with Gasteiger partial charge >= 0.3 is 0 Å². The van der Waals surface area contributed by atoms with Crippen LogP contribution in [-0.2, 0) is 4.79 Å². The van der Waals surface area contributed by atoms with Gasteiger partial charge in [-0.05, 0) is 37.0 Å². The Hall–Kier alpha value is -0.330. The van der Waals surface area contributed by atoms with Crippen LogP contribution in [0.15, 0.2) is 0 Å². The zero-order valence-electron chi connectivity index (χ0n) is 7.51. The molecular formula is C11H16O. The quantitative estimate of drug-likeness (QED) is 0.537. The Bertz CT molecular complexity index is 233. The smallest absolute Gasteiger partial charge is 0.136 e. The molecular weight excluding hydrogens is 148 g/mol. The maximum absolute atomic E-state index is 11.5. The van der Waals surface area contributed by atoms with E-state index in [1.54, 1.807) is 0 Å². The summed E-state index contributed by atoms with van der Waals surface area (Å²) in [6, 6.07) is 0. The Morgan fingerprint density at radius 3 is 3.08 bits per heavy atom. The third kappa shape index (κ3) is 0.725. The minimum atomic E-state index is 0.525. The summed E-state index contributed by atoms with van der Waals surface area (Å²) in [7, 11) is 0. The van der Waals surface area contributed by atoms with Crippen LogP contribution < -0.4 is 0 Å². The van der Waals surface area contributed by atoms with E-state index in [4.69, 9.17) is 0 Å². The monoisotopic (exact) mass is 164 g/mol. The van der Waals surface area contributed by atoms with Gasteiger partial charge in [0.15, 0.2) is 0 Å². The number of hydrogen-bond acceptors (Lipinski definition) is 1. The van der Waals surface area contributed by atoms with Crippen molar-refractivity contribution in [2.24, 2.45) is 17.3 Å². The molecule has 0 amide bonds. The van der Waals surface area contributed by atoms with Crippen molar-refractivity contribution in [3.63, 3.8) is 0 Å². The van der Waals surface area contributed by atoms with Gasteiger partial charge in [-0.2, -0.15) is 0 Å². The lowest BCUT2D eigenvalue weighted by Crippen LogP contribution is -2.29. The molecule has 3 rings (SSSR count). The SMILES string of the molecule is O=C1CC[C@@H]2CCCC[C@@]23C[C@@H]13. The minimum Gasteiger partial charge on any atom is -0.299 e. The van der Waals surface area contributed by atoms with E-state index in [-0.39, 0.29) is 0 Å². The van der Waals surface area contributed by atoms with Crippen LogP contribution in [0.25, 0.3) is 0 Å². The van der Waals surface area contributed by atoms with Crippen LogP contribution in [0.1, 0.15) is 44.9 Å². The molecule has 3 fully saturated rings. The first-order valence-corrected chi connectivity index (χ1v) is 5.36. The average molecular weight is 164 g/mol. The highest BCUT2D eigenvalue weighted by Gasteiger charge is 2.63.